The molecule has 5 rings (SSSR count). The Labute approximate surface area is 213 Å². The van der Waals surface area contributed by atoms with Crippen molar-refractivity contribution in [3.63, 3.8) is 0 Å². The van der Waals surface area contributed by atoms with Gasteiger partial charge in [-0.05, 0) is 42.8 Å². The van der Waals surface area contributed by atoms with Gasteiger partial charge < -0.3 is 15.1 Å². The number of hydrogen-bond acceptors (Lipinski definition) is 5. The van der Waals surface area contributed by atoms with Gasteiger partial charge in [0.2, 0.25) is 5.95 Å². The molecule has 1 aliphatic carbocycles. The number of thiocarbonyl (C=S) groups is 1. The van der Waals surface area contributed by atoms with Crippen LogP contribution in [0, 0.1) is 0 Å². The summed E-state index contributed by atoms with van der Waals surface area (Å²) < 4.78 is 4.50. The molecular weight excluding hydrogens is 486 g/mol. The van der Waals surface area contributed by atoms with Gasteiger partial charge >= 0.3 is 5.69 Å². The summed E-state index contributed by atoms with van der Waals surface area (Å²) in [5.41, 5.74) is 1.06. The highest BCUT2D eigenvalue weighted by Gasteiger charge is 2.27. The Balaban J connectivity index is 1.46. The van der Waals surface area contributed by atoms with Crippen LogP contribution in [-0.4, -0.2) is 60.9 Å². The van der Waals surface area contributed by atoms with Gasteiger partial charge in [0.15, 0.2) is 16.3 Å². The topological polar surface area (TPSA) is 80.3 Å². The minimum Gasteiger partial charge on any atom is -0.360 e. The Morgan fingerprint density at radius 3 is 2.37 bits per heavy atom. The molecule has 3 heterocycles. The van der Waals surface area contributed by atoms with Crippen molar-refractivity contribution in [1.82, 2.24) is 28.9 Å². The zero-order valence-corrected chi connectivity index (χ0v) is 21.6. The summed E-state index contributed by atoms with van der Waals surface area (Å²) in [6.45, 7) is 3.40. The van der Waals surface area contributed by atoms with Gasteiger partial charge in [-0.25, -0.2) is 4.79 Å². The third-order valence-corrected chi connectivity index (χ3v) is 7.74. The van der Waals surface area contributed by atoms with Gasteiger partial charge in [-0.2, -0.15) is 4.98 Å². The molecule has 0 amide bonds. The number of imidazole rings is 1. The summed E-state index contributed by atoms with van der Waals surface area (Å²) in [4.78, 5) is 35.0. The van der Waals surface area contributed by atoms with Crippen LogP contribution in [0.25, 0.3) is 11.2 Å². The average Bonchev–Trinajstić information content (AvgIpc) is 3.51. The predicted molar refractivity (Wildman–Crippen MR) is 143 cm³/mol. The number of benzene rings is 1. The molecule has 1 aromatic carbocycles. The zero-order chi connectivity index (χ0) is 24.7. The van der Waals surface area contributed by atoms with Crippen LogP contribution in [0.15, 0.2) is 33.9 Å². The van der Waals surface area contributed by atoms with E-state index in [0.717, 1.165) is 28.3 Å². The number of halogens is 1. The maximum Gasteiger partial charge on any atom is 0.332 e. The molecule has 1 N–H and O–H groups in total. The number of fused-ring (bicyclic) bond motifs is 1. The molecule has 0 spiro atoms. The number of piperazine rings is 1. The molecule has 9 nitrogen and oxygen atoms in total. The van der Waals surface area contributed by atoms with Gasteiger partial charge in [0.05, 0.1) is 6.54 Å². The molecule has 1 aliphatic heterocycles. The highest BCUT2D eigenvalue weighted by molar-refractivity contribution is 7.80. The Hall–Kier alpha value is -2.85. The monoisotopic (exact) mass is 515 g/mol. The average molecular weight is 516 g/mol. The van der Waals surface area contributed by atoms with Crippen molar-refractivity contribution in [3.8, 4) is 0 Å². The van der Waals surface area contributed by atoms with Crippen LogP contribution in [0.4, 0.5) is 5.95 Å². The summed E-state index contributed by atoms with van der Waals surface area (Å²) in [6, 6.07) is 8.04. The SMILES string of the molecule is Cn1c(=O)c2c(nc(N3CCN(C(=S)NC4CCCC4)CC3)n2Cc2ccc(Cl)cc2)n(C)c1=O. The molecular formula is C24H30ClN7O2S. The minimum atomic E-state index is -0.390. The van der Waals surface area contributed by atoms with Crippen LogP contribution in [0.5, 0.6) is 0 Å². The van der Waals surface area contributed by atoms with Crippen molar-refractivity contribution in [3.05, 3.63) is 55.7 Å². The largest absolute Gasteiger partial charge is 0.360 e. The first-order valence-electron chi connectivity index (χ1n) is 12.0. The molecule has 186 valence electrons. The first-order chi connectivity index (χ1) is 16.8. The van der Waals surface area contributed by atoms with E-state index < -0.39 is 5.69 Å². The molecule has 0 bridgehead atoms. The molecule has 35 heavy (non-hydrogen) atoms. The second-order valence-corrected chi connectivity index (χ2v) is 10.2. The summed E-state index contributed by atoms with van der Waals surface area (Å²) in [6.07, 6.45) is 4.89. The fraction of sp³-hybridized carbons (Fsp3) is 0.500. The summed E-state index contributed by atoms with van der Waals surface area (Å²) >= 11 is 11.8. The fourth-order valence-electron chi connectivity index (χ4n) is 5.04. The summed E-state index contributed by atoms with van der Waals surface area (Å²) in [5, 5.41) is 5.00. The van der Waals surface area contributed by atoms with E-state index in [1.54, 1.807) is 7.05 Å². The van der Waals surface area contributed by atoms with Crippen molar-refractivity contribution in [2.24, 2.45) is 14.1 Å². The highest BCUT2D eigenvalue weighted by Crippen LogP contribution is 2.24. The molecule has 2 aromatic heterocycles. The van der Waals surface area contributed by atoms with Gasteiger partial charge in [0.25, 0.3) is 5.56 Å². The van der Waals surface area contributed by atoms with Crippen LogP contribution in [0.3, 0.4) is 0 Å². The smallest absolute Gasteiger partial charge is 0.332 e. The van der Waals surface area contributed by atoms with Crippen molar-refractivity contribution < 1.29 is 0 Å². The van der Waals surface area contributed by atoms with Crippen molar-refractivity contribution in [2.45, 2.75) is 38.3 Å². The number of nitrogens with zero attached hydrogens (tertiary/aromatic N) is 6. The highest BCUT2D eigenvalue weighted by atomic mass is 35.5. The lowest BCUT2D eigenvalue weighted by Crippen LogP contribution is -2.53. The standard InChI is InChI=1S/C24H30ClN7O2S/c1-28-20-19(21(33)29(2)24(28)34)32(15-16-7-9-17(25)10-8-16)22(27-20)30-11-13-31(14-12-30)23(35)26-18-5-3-4-6-18/h7-10,18H,3-6,11-15H2,1-2H3,(H,26,35). The van der Waals surface area contributed by atoms with Crippen LogP contribution in [0.1, 0.15) is 31.2 Å². The number of nitrogens with one attached hydrogen (secondary N) is 1. The zero-order valence-electron chi connectivity index (χ0n) is 20.0. The molecule has 2 fully saturated rings. The first-order valence-corrected chi connectivity index (χ1v) is 12.8. The maximum atomic E-state index is 13.2. The normalized spacial score (nSPS) is 16.9. The Bertz CT molecular complexity index is 1360. The Morgan fingerprint density at radius 1 is 1.06 bits per heavy atom. The molecule has 2 aliphatic rings. The van der Waals surface area contributed by atoms with E-state index in [1.165, 1.54) is 37.3 Å². The number of anilines is 1. The number of hydrogen-bond donors (Lipinski definition) is 1. The van der Waals surface area contributed by atoms with Crippen molar-refractivity contribution >= 4 is 46.0 Å². The predicted octanol–water partition coefficient (Wildman–Crippen LogP) is 2.07. The van der Waals surface area contributed by atoms with Crippen LogP contribution >= 0.6 is 23.8 Å². The van der Waals surface area contributed by atoms with E-state index in [0.29, 0.717) is 47.8 Å². The molecule has 3 aromatic rings. The van der Waals surface area contributed by atoms with E-state index in [9.17, 15) is 9.59 Å². The van der Waals surface area contributed by atoms with Crippen molar-refractivity contribution in [2.75, 3.05) is 31.1 Å². The first kappa shape index (κ1) is 23.9. The maximum absolute atomic E-state index is 13.2. The second kappa shape index (κ2) is 9.66. The van der Waals surface area contributed by atoms with Crippen LogP contribution in [-0.2, 0) is 20.6 Å². The van der Waals surface area contributed by atoms with Crippen molar-refractivity contribution in [1.29, 1.82) is 0 Å². The lowest BCUT2D eigenvalue weighted by molar-refractivity contribution is 0.370. The summed E-state index contributed by atoms with van der Waals surface area (Å²) in [7, 11) is 3.15. The second-order valence-electron chi connectivity index (χ2n) is 9.41. The lowest BCUT2D eigenvalue weighted by Gasteiger charge is -2.37. The van der Waals surface area contributed by atoms with Crippen LogP contribution in [0.2, 0.25) is 5.02 Å². The van der Waals surface area contributed by atoms with Gasteiger partial charge in [0.1, 0.15) is 0 Å². The van der Waals surface area contributed by atoms with Crippen LogP contribution < -0.4 is 21.5 Å². The molecule has 0 radical (unpaired) electrons. The van der Waals surface area contributed by atoms with Gasteiger partial charge in [-0.15, -0.1) is 0 Å². The van der Waals surface area contributed by atoms with Gasteiger partial charge in [-0.1, -0.05) is 36.6 Å². The summed E-state index contributed by atoms with van der Waals surface area (Å²) in [5.74, 6) is 0.683. The third kappa shape index (κ3) is 4.56. The molecule has 1 saturated heterocycles. The molecule has 0 unspecified atom stereocenters. The van der Waals surface area contributed by atoms with E-state index >= 15 is 0 Å². The molecule has 11 heteroatoms. The number of aromatic nitrogens is 4. The van der Waals surface area contributed by atoms with E-state index in [4.69, 9.17) is 28.8 Å². The number of aryl methyl sites for hydroxylation is 1. The lowest BCUT2D eigenvalue weighted by atomic mass is 10.2. The van der Waals surface area contributed by atoms with Gasteiger partial charge in [-0.3, -0.25) is 18.5 Å². The minimum absolute atomic E-state index is 0.351. The van der Waals surface area contributed by atoms with Gasteiger partial charge in [0, 0.05) is 51.3 Å². The number of rotatable bonds is 4. The fourth-order valence-corrected chi connectivity index (χ4v) is 5.52. The quantitative estimate of drug-likeness (QED) is 0.533. The Morgan fingerprint density at radius 2 is 1.71 bits per heavy atom. The molecule has 0 atom stereocenters. The molecule has 1 saturated carbocycles. The van der Waals surface area contributed by atoms with E-state index in [1.807, 2.05) is 28.8 Å². The van der Waals surface area contributed by atoms with E-state index in [-0.39, 0.29) is 5.56 Å². The Kier molecular flexibility index (Phi) is 6.59. The van der Waals surface area contributed by atoms with E-state index in [2.05, 4.69) is 15.1 Å². The third-order valence-electron chi connectivity index (χ3n) is 7.11.